The number of rotatable bonds is 6. The molecule has 1 aliphatic rings. The van der Waals surface area contributed by atoms with E-state index in [1.807, 2.05) is 13.0 Å². The number of nitrogens with zero attached hydrogens (tertiary/aromatic N) is 3. The van der Waals surface area contributed by atoms with Gasteiger partial charge in [-0.3, -0.25) is 0 Å². The first-order valence-corrected chi connectivity index (χ1v) is 6.98. The van der Waals surface area contributed by atoms with Gasteiger partial charge in [0.2, 0.25) is 0 Å². The summed E-state index contributed by atoms with van der Waals surface area (Å²) in [5, 5.41) is 8.34. The molecule has 0 aliphatic heterocycles. The topological polar surface area (TPSA) is 80.3 Å². The van der Waals surface area contributed by atoms with Gasteiger partial charge in [-0.2, -0.15) is 16.1 Å². The molecular formula is C15H24N4O2. The van der Waals surface area contributed by atoms with E-state index >= 15 is 0 Å². The predicted octanol–water partition coefficient (Wildman–Crippen LogP) is 2.56. The quantitative estimate of drug-likeness (QED) is 0.602. The minimum absolute atomic E-state index is 0.327. The summed E-state index contributed by atoms with van der Waals surface area (Å²) in [6.07, 6.45) is 8.86. The van der Waals surface area contributed by atoms with Crippen molar-refractivity contribution in [2.45, 2.75) is 32.7 Å². The second-order valence-corrected chi connectivity index (χ2v) is 5.36. The van der Waals surface area contributed by atoms with E-state index in [1.54, 1.807) is 12.2 Å². The molecule has 2 atom stereocenters. The molecule has 0 aromatic heterocycles. The molecule has 0 amide bonds. The third-order valence-electron chi connectivity index (χ3n) is 3.46. The van der Waals surface area contributed by atoms with Crippen molar-refractivity contribution in [3.63, 3.8) is 0 Å². The van der Waals surface area contributed by atoms with Gasteiger partial charge >= 0.3 is 5.97 Å². The van der Waals surface area contributed by atoms with Crippen LogP contribution in [0.15, 0.2) is 45.9 Å². The number of allylic oxidation sites excluding steroid dienone is 3. The van der Waals surface area contributed by atoms with Gasteiger partial charge in [0.25, 0.3) is 0 Å². The molecule has 2 unspecified atom stereocenters. The summed E-state index contributed by atoms with van der Waals surface area (Å²) >= 11 is 0. The highest BCUT2D eigenvalue weighted by molar-refractivity contribution is 5.74. The first kappa shape index (κ1) is 17.3. The van der Waals surface area contributed by atoms with Crippen LogP contribution in [0.25, 0.3) is 0 Å². The number of hydrogen-bond donors (Lipinski definition) is 1. The normalized spacial score (nSPS) is 20.8. The Morgan fingerprint density at radius 2 is 2.33 bits per heavy atom. The lowest BCUT2D eigenvalue weighted by Crippen LogP contribution is -2.23. The molecule has 0 radical (unpaired) electrons. The van der Waals surface area contributed by atoms with Gasteiger partial charge in [0, 0.05) is 6.04 Å². The SMILES string of the molecule is C/C(=C\CC(C)N(C)C)N=NC1=CCC(C(=O)ON)C=C1. The average molecular weight is 292 g/mol. The fourth-order valence-electron chi connectivity index (χ4n) is 1.67. The van der Waals surface area contributed by atoms with Crippen LogP contribution in [0.4, 0.5) is 0 Å². The van der Waals surface area contributed by atoms with Crippen LogP contribution in [0.2, 0.25) is 0 Å². The van der Waals surface area contributed by atoms with Crippen molar-refractivity contribution >= 4 is 5.97 Å². The smallest absolute Gasteiger partial charge is 0.331 e. The Bertz CT molecular complexity index is 478. The zero-order valence-electron chi connectivity index (χ0n) is 13.1. The van der Waals surface area contributed by atoms with Crippen LogP contribution in [0, 0.1) is 5.92 Å². The summed E-state index contributed by atoms with van der Waals surface area (Å²) in [4.78, 5) is 17.6. The zero-order valence-corrected chi connectivity index (χ0v) is 13.1. The molecule has 1 rings (SSSR count). The summed E-state index contributed by atoms with van der Waals surface area (Å²) in [7, 11) is 4.10. The summed E-state index contributed by atoms with van der Waals surface area (Å²) in [5.74, 6) is 4.09. The van der Waals surface area contributed by atoms with Crippen LogP contribution in [-0.2, 0) is 9.63 Å². The second kappa shape index (κ2) is 8.49. The first-order chi connectivity index (χ1) is 9.93. The van der Waals surface area contributed by atoms with Gasteiger partial charge in [-0.15, -0.1) is 0 Å². The van der Waals surface area contributed by atoms with Crippen molar-refractivity contribution in [3.05, 3.63) is 35.7 Å². The fraction of sp³-hybridized carbons (Fsp3) is 0.533. The van der Waals surface area contributed by atoms with Gasteiger partial charge in [0.05, 0.1) is 17.3 Å². The van der Waals surface area contributed by atoms with Crippen molar-refractivity contribution in [2.75, 3.05) is 14.1 Å². The van der Waals surface area contributed by atoms with Gasteiger partial charge in [-0.25, -0.2) is 4.79 Å². The molecule has 0 saturated heterocycles. The van der Waals surface area contributed by atoms with Gasteiger partial charge in [-0.1, -0.05) is 18.2 Å². The molecule has 2 N–H and O–H groups in total. The third-order valence-corrected chi connectivity index (χ3v) is 3.46. The van der Waals surface area contributed by atoms with Crippen molar-refractivity contribution in [3.8, 4) is 0 Å². The van der Waals surface area contributed by atoms with Crippen LogP contribution < -0.4 is 5.90 Å². The Balaban J connectivity index is 2.51. The van der Waals surface area contributed by atoms with Crippen molar-refractivity contribution in [1.82, 2.24) is 4.90 Å². The Morgan fingerprint density at radius 1 is 1.62 bits per heavy atom. The van der Waals surface area contributed by atoms with Gasteiger partial charge in [-0.05, 0) is 46.9 Å². The van der Waals surface area contributed by atoms with Crippen molar-refractivity contribution < 1.29 is 9.63 Å². The molecule has 0 heterocycles. The number of azo groups is 1. The highest BCUT2D eigenvalue weighted by Gasteiger charge is 2.17. The molecular weight excluding hydrogens is 268 g/mol. The van der Waals surface area contributed by atoms with Crippen LogP contribution in [-0.4, -0.2) is 31.0 Å². The standard InChI is InChI=1S/C15H24N4O2/c1-11(5-6-12(2)19(3)4)17-18-14-9-7-13(8-10-14)15(20)21-16/h5,7,9-10,12-13H,6,8,16H2,1-4H3/b11-5+,18-17?. The number of hydrogen-bond acceptors (Lipinski definition) is 6. The second-order valence-electron chi connectivity index (χ2n) is 5.36. The monoisotopic (exact) mass is 292 g/mol. The van der Waals surface area contributed by atoms with Crippen molar-refractivity contribution in [2.24, 2.45) is 22.0 Å². The number of carbonyl (C=O) groups excluding carboxylic acids is 1. The van der Waals surface area contributed by atoms with E-state index in [-0.39, 0.29) is 5.92 Å². The molecule has 0 saturated carbocycles. The first-order valence-electron chi connectivity index (χ1n) is 6.98. The number of carbonyl (C=O) groups is 1. The Kier molecular flexibility index (Phi) is 6.98. The fourth-order valence-corrected chi connectivity index (χ4v) is 1.67. The third kappa shape index (κ3) is 6.01. The van der Waals surface area contributed by atoms with E-state index in [0.717, 1.165) is 17.8 Å². The molecule has 0 spiro atoms. The van der Waals surface area contributed by atoms with E-state index in [9.17, 15) is 4.79 Å². The van der Waals surface area contributed by atoms with Crippen LogP contribution in [0.1, 0.15) is 26.7 Å². The molecule has 0 aromatic carbocycles. The molecule has 0 bridgehead atoms. The Morgan fingerprint density at radius 3 is 2.86 bits per heavy atom. The Hall–Kier alpha value is -1.79. The summed E-state index contributed by atoms with van der Waals surface area (Å²) in [6, 6.07) is 0.465. The van der Waals surface area contributed by atoms with Crippen LogP contribution >= 0.6 is 0 Å². The van der Waals surface area contributed by atoms with E-state index < -0.39 is 5.97 Å². The molecule has 116 valence electrons. The van der Waals surface area contributed by atoms with Crippen LogP contribution in [0.5, 0.6) is 0 Å². The summed E-state index contributed by atoms with van der Waals surface area (Å²) < 4.78 is 0. The van der Waals surface area contributed by atoms with E-state index in [1.165, 1.54) is 0 Å². The summed E-state index contributed by atoms with van der Waals surface area (Å²) in [6.45, 7) is 4.08. The molecule has 6 heteroatoms. The lowest BCUT2D eigenvalue weighted by atomic mass is 10.00. The summed E-state index contributed by atoms with van der Waals surface area (Å²) in [5.41, 5.74) is 1.62. The lowest BCUT2D eigenvalue weighted by Gasteiger charge is -2.17. The van der Waals surface area contributed by atoms with E-state index in [0.29, 0.717) is 12.5 Å². The van der Waals surface area contributed by atoms with Gasteiger partial charge in [0.1, 0.15) is 0 Å². The predicted molar refractivity (Wildman–Crippen MR) is 82.0 cm³/mol. The molecule has 6 nitrogen and oxygen atoms in total. The maximum Gasteiger partial charge on any atom is 0.331 e. The molecule has 0 fully saturated rings. The number of nitrogens with two attached hydrogens (primary N) is 1. The van der Waals surface area contributed by atoms with Gasteiger partial charge in [0.15, 0.2) is 0 Å². The van der Waals surface area contributed by atoms with Crippen LogP contribution in [0.3, 0.4) is 0 Å². The maximum atomic E-state index is 11.2. The maximum absolute atomic E-state index is 11.2. The zero-order chi connectivity index (χ0) is 15.8. The largest absolute Gasteiger partial charge is 0.373 e. The van der Waals surface area contributed by atoms with Crippen molar-refractivity contribution in [1.29, 1.82) is 0 Å². The molecule has 0 aromatic rings. The minimum Gasteiger partial charge on any atom is -0.373 e. The lowest BCUT2D eigenvalue weighted by molar-refractivity contribution is -0.147. The minimum atomic E-state index is -0.438. The van der Waals surface area contributed by atoms with E-state index in [2.05, 4.69) is 47.1 Å². The van der Waals surface area contributed by atoms with Gasteiger partial charge < -0.3 is 9.74 Å². The highest BCUT2D eigenvalue weighted by atomic mass is 16.7. The van der Waals surface area contributed by atoms with E-state index in [4.69, 9.17) is 5.90 Å². The molecule has 21 heavy (non-hydrogen) atoms. The highest BCUT2D eigenvalue weighted by Crippen LogP contribution is 2.19. The Labute approximate surface area is 126 Å². The molecule has 1 aliphatic carbocycles. The average Bonchev–Trinajstić information content (AvgIpc) is 2.50.